The number of rotatable bonds is 4. The zero-order chi connectivity index (χ0) is 15.4. The van der Waals surface area contributed by atoms with Crippen LogP contribution in [0.1, 0.15) is 11.1 Å². The van der Waals surface area contributed by atoms with Crippen molar-refractivity contribution in [2.24, 2.45) is 5.10 Å². The zero-order valence-corrected chi connectivity index (χ0v) is 13.5. The molecule has 5 heteroatoms. The van der Waals surface area contributed by atoms with Gasteiger partial charge in [-0.1, -0.05) is 59.6 Å². The van der Waals surface area contributed by atoms with Gasteiger partial charge in [-0.05, 0) is 13.0 Å². The zero-order valence-electron chi connectivity index (χ0n) is 12.0. The molecule has 3 rings (SSSR count). The molecule has 0 aliphatic heterocycles. The van der Waals surface area contributed by atoms with Gasteiger partial charge in [-0.3, -0.25) is 5.43 Å². The molecular weight excluding hydrogens is 314 g/mol. The highest BCUT2D eigenvalue weighted by Crippen LogP contribution is 2.25. The number of halogens is 1. The SMILES string of the molecule is Cc1ccc(-c2csc(N/N=C\c3ccccc3Cl)n2)cc1. The van der Waals surface area contributed by atoms with Crippen molar-refractivity contribution in [3.8, 4) is 11.3 Å². The Kier molecular flexibility index (Phi) is 4.51. The van der Waals surface area contributed by atoms with E-state index in [1.807, 2.05) is 29.6 Å². The second-order valence-electron chi connectivity index (χ2n) is 4.80. The Balaban J connectivity index is 1.70. The normalized spacial score (nSPS) is 11.0. The quantitative estimate of drug-likeness (QED) is 0.527. The molecule has 3 nitrogen and oxygen atoms in total. The highest BCUT2D eigenvalue weighted by Gasteiger charge is 2.03. The van der Waals surface area contributed by atoms with Gasteiger partial charge < -0.3 is 0 Å². The number of hydrogen-bond donors (Lipinski definition) is 1. The maximum atomic E-state index is 6.07. The van der Waals surface area contributed by atoms with Crippen LogP contribution in [0.25, 0.3) is 11.3 Å². The fourth-order valence-corrected chi connectivity index (χ4v) is 2.77. The molecule has 0 bridgehead atoms. The molecule has 0 atom stereocenters. The lowest BCUT2D eigenvalue weighted by molar-refractivity contribution is 1.29. The maximum absolute atomic E-state index is 6.07. The predicted molar refractivity (Wildman–Crippen MR) is 95.0 cm³/mol. The van der Waals surface area contributed by atoms with Gasteiger partial charge in [0.2, 0.25) is 5.13 Å². The number of benzene rings is 2. The van der Waals surface area contributed by atoms with Crippen molar-refractivity contribution in [3.05, 3.63) is 70.1 Å². The lowest BCUT2D eigenvalue weighted by Crippen LogP contribution is -1.90. The summed E-state index contributed by atoms with van der Waals surface area (Å²) in [4.78, 5) is 4.52. The van der Waals surface area contributed by atoms with Crippen LogP contribution in [0.3, 0.4) is 0 Å². The Hall–Kier alpha value is -2.17. The van der Waals surface area contributed by atoms with Crippen LogP contribution in [0.5, 0.6) is 0 Å². The average molecular weight is 328 g/mol. The molecule has 22 heavy (non-hydrogen) atoms. The Morgan fingerprint density at radius 2 is 1.91 bits per heavy atom. The minimum absolute atomic E-state index is 0.674. The smallest absolute Gasteiger partial charge is 0.203 e. The van der Waals surface area contributed by atoms with Crippen LogP contribution >= 0.6 is 22.9 Å². The van der Waals surface area contributed by atoms with E-state index < -0.39 is 0 Å². The number of hydrazone groups is 1. The Bertz CT molecular complexity index is 794. The van der Waals surface area contributed by atoms with E-state index in [2.05, 4.69) is 46.7 Å². The molecule has 0 radical (unpaired) electrons. The fourth-order valence-electron chi connectivity index (χ4n) is 1.92. The van der Waals surface area contributed by atoms with E-state index in [1.54, 1.807) is 6.21 Å². The van der Waals surface area contributed by atoms with Gasteiger partial charge in [0.05, 0.1) is 11.9 Å². The minimum atomic E-state index is 0.674. The van der Waals surface area contributed by atoms with Gasteiger partial charge in [-0.25, -0.2) is 4.98 Å². The summed E-state index contributed by atoms with van der Waals surface area (Å²) < 4.78 is 0. The Morgan fingerprint density at radius 1 is 1.14 bits per heavy atom. The number of aryl methyl sites for hydroxylation is 1. The first-order valence-corrected chi connectivity index (χ1v) is 8.04. The summed E-state index contributed by atoms with van der Waals surface area (Å²) in [5.41, 5.74) is 7.09. The summed E-state index contributed by atoms with van der Waals surface area (Å²) >= 11 is 7.59. The second-order valence-corrected chi connectivity index (χ2v) is 6.06. The van der Waals surface area contributed by atoms with Gasteiger partial charge in [0, 0.05) is 21.5 Å². The van der Waals surface area contributed by atoms with Crippen LogP contribution in [0.15, 0.2) is 59.0 Å². The van der Waals surface area contributed by atoms with Gasteiger partial charge in [0.15, 0.2) is 0 Å². The predicted octanol–water partition coefficient (Wildman–Crippen LogP) is 5.22. The molecular formula is C17H14ClN3S. The lowest BCUT2D eigenvalue weighted by atomic mass is 10.1. The third kappa shape index (κ3) is 3.53. The first-order chi connectivity index (χ1) is 10.7. The summed E-state index contributed by atoms with van der Waals surface area (Å²) in [5.74, 6) is 0. The molecule has 3 aromatic rings. The standard InChI is InChI=1S/C17H14ClN3S/c1-12-6-8-13(9-7-12)16-11-22-17(20-16)21-19-10-14-4-2-3-5-15(14)18/h2-11H,1H3,(H,20,21)/b19-10-. The number of thiazole rings is 1. The van der Waals surface area contributed by atoms with Gasteiger partial charge in [0.25, 0.3) is 0 Å². The molecule has 0 spiro atoms. The average Bonchev–Trinajstić information content (AvgIpc) is 2.99. The van der Waals surface area contributed by atoms with Crippen molar-refractivity contribution in [1.29, 1.82) is 0 Å². The molecule has 0 unspecified atom stereocenters. The molecule has 1 heterocycles. The Morgan fingerprint density at radius 3 is 2.68 bits per heavy atom. The summed E-state index contributed by atoms with van der Waals surface area (Å²) in [6, 6.07) is 15.9. The van der Waals surface area contributed by atoms with E-state index in [0.717, 1.165) is 22.0 Å². The molecule has 110 valence electrons. The highest BCUT2D eigenvalue weighted by molar-refractivity contribution is 7.14. The van der Waals surface area contributed by atoms with E-state index in [9.17, 15) is 0 Å². The van der Waals surface area contributed by atoms with Crippen molar-refractivity contribution < 1.29 is 0 Å². The van der Waals surface area contributed by atoms with Crippen molar-refractivity contribution >= 4 is 34.3 Å². The Labute approximate surface area is 138 Å². The molecule has 0 aliphatic carbocycles. The highest BCUT2D eigenvalue weighted by atomic mass is 35.5. The van der Waals surface area contributed by atoms with Crippen molar-refractivity contribution in [1.82, 2.24) is 4.98 Å². The van der Waals surface area contributed by atoms with E-state index in [-0.39, 0.29) is 0 Å². The molecule has 0 fully saturated rings. The number of hydrogen-bond acceptors (Lipinski definition) is 4. The summed E-state index contributed by atoms with van der Waals surface area (Å²) in [5, 5.41) is 7.62. The van der Waals surface area contributed by atoms with Crippen molar-refractivity contribution in [2.75, 3.05) is 5.43 Å². The summed E-state index contributed by atoms with van der Waals surface area (Å²) in [7, 11) is 0. The molecule has 0 saturated heterocycles. The van der Waals surface area contributed by atoms with Crippen LogP contribution in [0, 0.1) is 6.92 Å². The first kappa shape index (κ1) is 14.8. The molecule has 2 aromatic carbocycles. The van der Waals surface area contributed by atoms with Crippen LogP contribution in [-0.4, -0.2) is 11.2 Å². The second kappa shape index (κ2) is 6.73. The first-order valence-electron chi connectivity index (χ1n) is 6.78. The summed E-state index contributed by atoms with van der Waals surface area (Å²) in [6.45, 7) is 2.07. The van der Waals surface area contributed by atoms with Crippen molar-refractivity contribution in [3.63, 3.8) is 0 Å². The summed E-state index contributed by atoms with van der Waals surface area (Å²) in [6.07, 6.45) is 1.69. The third-order valence-corrected chi connectivity index (χ3v) is 4.21. The van der Waals surface area contributed by atoms with E-state index in [0.29, 0.717) is 5.02 Å². The number of anilines is 1. The van der Waals surface area contributed by atoms with Crippen molar-refractivity contribution in [2.45, 2.75) is 6.92 Å². The molecule has 1 aromatic heterocycles. The monoisotopic (exact) mass is 327 g/mol. The van der Waals surface area contributed by atoms with Gasteiger partial charge >= 0.3 is 0 Å². The van der Waals surface area contributed by atoms with Crippen LogP contribution in [0.2, 0.25) is 5.02 Å². The van der Waals surface area contributed by atoms with E-state index >= 15 is 0 Å². The molecule has 0 amide bonds. The molecule has 1 N–H and O–H groups in total. The molecule has 0 aliphatic rings. The molecule has 0 saturated carbocycles. The number of nitrogens with zero attached hydrogens (tertiary/aromatic N) is 2. The fraction of sp³-hybridized carbons (Fsp3) is 0.0588. The van der Waals surface area contributed by atoms with Gasteiger partial charge in [-0.15, -0.1) is 11.3 Å². The topological polar surface area (TPSA) is 37.3 Å². The van der Waals surface area contributed by atoms with E-state index in [1.165, 1.54) is 16.9 Å². The van der Waals surface area contributed by atoms with Crippen LogP contribution in [0.4, 0.5) is 5.13 Å². The third-order valence-electron chi connectivity index (χ3n) is 3.12. The van der Waals surface area contributed by atoms with E-state index in [4.69, 9.17) is 11.6 Å². The number of nitrogens with one attached hydrogen (secondary N) is 1. The largest absolute Gasteiger partial charge is 0.253 e. The lowest BCUT2D eigenvalue weighted by Gasteiger charge is -1.98. The van der Waals surface area contributed by atoms with Gasteiger partial charge in [0.1, 0.15) is 0 Å². The maximum Gasteiger partial charge on any atom is 0.203 e. The van der Waals surface area contributed by atoms with Gasteiger partial charge in [-0.2, -0.15) is 5.10 Å². The number of aromatic nitrogens is 1. The van der Waals surface area contributed by atoms with Crippen LogP contribution < -0.4 is 5.43 Å². The minimum Gasteiger partial charge on any atom is -0.253 e. The van der Waals surface area contributed by atoms with Crippen LogP contribution in [-0.2, 0) is 0 Å².